The van der Waals surface area contributed by atoms with Crippen LogP contribution in [0.4, 0.5) is 5.69 Å². The highest BCUT2D eigenvalue weighted by molar-refractivity contribution is 5.95. The Morgan fingerprint density at radius 3 is 2.50 bits per heavy atom. The fourth-order valence-corrected chi connectivity index (χ4v) is 3.42. The summed E-state index contributed by atoms with van der Waals surface area (Å²) in [7, 11) is 0. The number of hydrogen-bond acceptors (Lipinski definition) is 3. The highest BCUT2D eigenvalue weighted by Gasteiger charge is 2.20. The number of anilines is 1. The molecule has 1 heterocycles. The number of aryl methyl sites for hydroxylation is 1. The molecule has 3 nitrogen and oxygen atoms in total. The molecule has 1 unspecified atom stereocenters. The SMILES string of the molecule is Cc1ccccc1CNC1=NCC(c2ccccc2)c2ccccc2N1. The van der Waals surface area contributed by atoms with E-state index >= 15 is 0 Å². The molecule has 130 valence electrons. The van der Waals surface area contributed by atoms with Gasteiger partial charge in [-0.25, -0.2) is 0 Å². The second kappa shape index (κ2) is 7.44. The van der Waals surface area contributed by atoms with Crippen LogP contribution in [0, 0.1) is 6.92 Å². The number of hydrogen-bond donors (Lipinski definition) is 2. The molecule has 0 bridgehead atoms. The third-order valence-electron chi connectivity index (χ3n) is 4.93. The minimum absolute atomic E-state index is 0.262. The predicted molar refractivity (Wildman–Crippen MR) is 109 cm³/mol. The third-order valence-corrected chi connectivity index (χ3v) is 4.93. The highest BCUT2D eigenvalue weighted by atomic mass is 15.2. The van der Waals surface area contributed by atoms with Crippen molar-refractivity contribution in [3.63, 3.8) is 0 Å². The van der Waals surface area contributed by atoms with Crippen LogP contribution in [0.2, 0.25) is 0 Å². The summed E-state index contributed by atoms with van der Waals surface area (Å²) in [6.07, 6.45) is 0. The van der Waals surface area contributed by atoms with Crippen molar-refractivity contribution in [2.24, 2.45) is 4.99 Å². The molecular formula is C23H23N3. The van der Waals surface area contributed by atoms with Crippen molar-refractivity contribution in [3.8, 4) is 0 Å². The van der Waals surface area contributed by atoms with Gasteiger partial charge in [0.15, 0.2) is 5.96 Å². The summed E-state index contributed by atoms with van der Waals surface area (Å²) in [5.41, 5.74) is 6.28. The van der Waals surface area contributed by atoms with Crippen LogP contribution >= 0.6 is 0 Å². The second-order valence-corrected chi connectivity index (χ2v) is 6.64. The Morgan fingerprint density at radius 2 is 1.65 bits per heavy atom. The van der Waals surface area contributed by atoms with E-state index < -0.39 is 0 Å². The first kappa shape index (κ1) is 16.4. The summed E-state index contributed by atoms with van der Waals surface area (Å²) in [4.78, 5) is 4.83. The van der Waals surface area contributed by atoms with Crippen LogP contribution in [-0.4, -0.2) is 12.5 Å². The molecule has 0 aromatic heterocycles. The topological polar surface area (TPSA) is 36.4 Å². The van der Waals surface area contributed by atoms with Crippen LogP contribution in [-0.2, 0) is 6.54 Å². The van der Waals surface area contributed by atoms with Gasteiger partial charge in [-0.05, 0) is 35.2 Å². The van der Waals surface area contributed by atoms with Crippen LogP contribution in [0.5, 0.6) is 0 Å². The van der Waals surface area contributed by atoms with E-state index in [4.69, 9.17) is 4.99 Å². The number of fused-ring (bicyclic) bond motifs is 1. The van der Waals surface area contributed by atoms with Crippen molar-refractivity contribution in [2.75, 3.05) is 11.9 Å². The lowest BCUT2D eigenvalue weighted by Gasteiger charge is -2.17. The fraction of sp³-hybridized carbons (Fsp3) is 0.174. The number of guanidine groups is 1. The van der Waals surface area contributed by atoms with E-state index in [1.807, 2.05) is 0 Å². The van der Waals surface area contributed by atoms with E-state index in [0.29, 0.717) is 0 Å². The minimum atomic E-state index is 0.262. The Labute approximate surface area is 154 Å². The molecule has 1 aliphatic rings. The van der Waals surface area contributed by atoms with Crippen LogP contribution in [0.3, 0.4) is 0 Å². The van der Waals surface area contributed by atoms with E-state index in [1.165, 1.54) is 22.3 Å². The van der Waals surface area contributed by atoms with Crippen LogP contribution in [0.15, 0.2) is 83.9 Å². The summed E-state index contributed by atoms with van der Waals surface area (Å²) in [6.45, 7) is 3.63. The molecule has 4 rings (SSSR count). The van der Waals surface area contributed by atoms with Gasteiger partial charge in [0.25, 0.3) is 0 Å². The largest absolute Gasteiger partial charge is 0.352 e. The summed E-state index contributed by atoms with van der Waals surface area (Å²) >= 11 is 0. The molecule has 1 aliphatic heterocycles. The number of nitrogens with zero attached hydrogens (tertiary/aromatic N) is 1. The summed E-state index contributed by atoms with van der Waals surface area (Å²) in [5.74, 6) is 1.09. The minimum Gasteiger partial charge on any atom is -0.352 e. The van der Waals surface area contributed by atoms with Gasteiger partial charge in [0, 0.05) is 18.2 Å². The molecule has 0 saturated heterocycles. The first-order valence-corrected chi connectivity index (χ1v) is 9.05. The number of nitrogens with one attached hydrogen (secondary N) is 2. The lowest BCUT2D eigenvalue weighted by atomic mass is 9.90. The summed E-state index contributed by atoms with van der Waals surface area (Å²) in [5, 5.41) is 6.96. The molecule has 26 heavy (non-hydrogen) atoms. The van der Waals surface area contributed by atoms with Crippen LogP contribution in [0.25, 0.3) is 0 Å². The first-order chi connectivity index (χ1) is 12.8. The number of para-hydroxylation sites is 1. The third kappa shape index (κ3) is 3.47. The molecule has 0 radical (unpaired) electrons. The first-order valence-electron chi connectivity index (χ1n) is 9.05. The van der Waals surface area contributed by atoms with Crippen LogP contribution < -0.4 is 10.6 Å². The van der Waals surface area contributed by atoms with Crippen molar-refractivity contribution in [1.82, 2.24) is 5.32 Å². The second-order valence-electron chi connectivity index (χ2n) is 6.64. The van der Waals surface area contributed by atoms with Crippen molar-refractivity contribution in [3.05, 3.63) is 101 Å². The van der Waals surface area contributed by atoms with Gasteiger partial charge in [-0.15, -0.1) is 0 Å². The molecule has 0 fully saturated rings. The van der Waals surface area contributed by atoms with E-state index in [0.717, 1.165) is 24.7 Å². The highest BCUT2D eigenvalue weighted by Crippen LogP contribution is 2.32. The Morgan fingerprint density at radius 1 is 0.923 bits per heavy atom. The van der Waals surface area contributed by atoms with E-state index in [2.05, 4.69) is 96.4 Å². The molecular weight excluding hydrogens is 318 g/mol. The maximum absolute atomic E-state index is 4.83. The Balaban J connectivity index is 1.59. The summed E-state index contributed by atoms with van der Waals surface area (Å²) < 4.78 is 0. The molecule has 3 heteroatoms. The number of rotatable bonds is 3. The van der Waals surface area contributed by atoms with Crippen molar-refractivity contribution >= 4 is 11.6 Å². The van der Waals surface area contributed by atoms with Crippen molar-refractivity contribution in [2.45, 2.75) is 19.4 Å². The molecule has 3 aromatic carbocycles. The van der Waals surface area contributed by atoms with Crippen molar-refractivity contribution < 1.29 is 0 Å². The van der Waals surface area contributed by atoms with Gasteiger partial charge in [-0.3, -0.25) is 4.99 Å². The molecule has 1 atom stereocenters. The number of aliphatic imine (C=N–C) groups is 1. The molecule has 0 amide bonds. The van der Waals surface area contributed by atoms with Gasteiger partial charge in [0.2, 0.25) is 0 Å². The van der Waals surface area contributed by atoms with Crippen molar-refractivity contribution in [1.29, 1.82) is 0 Å². The quantitative estimate of drug-likeness (QED) is 0.724. The average Bonchev–Trinajstić information content (AvgIpc) is 2.87. The maximum Gasteiger partial charge on any atom is 0.196 e. The van der Waals surface area contributed by atoms with Gasteiger partial charge < -0.3 is 10.6 Å². The molecule has 2 N–H and O–H groups in total. The Kier molecular flexibility index (Phi) is 4.69. The van der Waals surface area contributed by atoms with Gasteiger partial charge in [-0.2, -0.15) is 0 Å². The standard InChI is InChI=1S/C23H23N3/c1-17-9-5-6-12-19(17)15-24-23-25-16-21(18-10-3-2-4-11-18)20-13-7-8-14-22(20)26-23/h2-14,21H,15-16H2,1H3,(H2,24,25,26). The van der Waals surface area contributed by atoms with Gasteiger partial charge >= 0.3 is 0 Å². The van der Waals surface area contributed by atoms with Gasteiger partial charge in [-0.1, -0.05) is 72.8 Å². The lowest BCUT2D eigenvalue weighted by molar-refractivity contribution is 0.817. The maximum atomic E-state index is 4.83. The average molecular weight is 341 g/mol. The van der Waals surface area contributed by atoms with Crippen LogP contribution in [0.1, 0.15) is 28.2 Å². The van der Waals surface area contributed by atoms with E-state index in [9.17, 15) is 0 Å². The Hall–Kier alpha value is -3.07. The zero-order valence-corrected chi connectivity index (χ0v) is 14.9. The smallest absolute Gasteiger partial charge is 0.196 e. The van der Waals surface area contributed by atoms with E-state index in [1.54, 1.807) is 0 Å². The fourth-order valence-electron chi connectivity index (χ4n) is 3.42. The molecule has 3 aromatic rings. The lowest BCUT2D eigenvalue weighted by Crippen LogP contribution is -2.30. The zero-order valence-electron chi connectivity index (χ0n) is 14.9. The zero-order chi connectivity index (χ0) is 17.8. The molecule has 0 spiro atoms. The number of benzene rings is 3. The summed E-state index contributed by atoms with van der Waals surface area (Å²) in [6, 6.07) is 27.5. The molecule has 0 saturated carbocycles. The predicted octanol–water partition coefficient (Wildman–Crippen LogP) is 4.70. The van der Waals surface area contributed by atoms with Gasteiger partial charge in [0.1, 0.15) is 0 Å². The van der Waals surface area contributed by atoms with E-state index in [-0.39, 0.29) is 5.92 Å². The van der Waals surface area contributed by atoms with Gasteiger partial charge in [0.05, 0.1) is 6.54 Å². The molecule has 0 aliphatic carbocycles. The Bertz CT molecular complexity index is 916. The normalized spacial score (nSPS) is 16.0. The monoisotopic (exact) mass is 341 g/mol.